The molecule has 3 heterocycles. The van der Waals surface area contributed by atoms with Crippen molar-refractivity contribution in [2.75, 3.05) is 13.7 Å². The second-order valence-electron chi connectivity index (χ2n) is 5.36. The molecule has 1 aliphatic rings. The highest BCUT2D eigenvalue weighted by molar-refractivity contribution is 7.13. The van der Waals surface area contributed by atoms with Crippen LogP contribution in [-0.2, 0) is 16.1 Å². The van der Waals surface area contributed by atoms with E-state index in [1.807, 2.05) is 23.6 Å². The van der Waals surface area contributed by atoms with Gasteiger partial charge in [0.25, 0.3) is 0 Å². The molecule has 0 unspecified atom stereocenters. The third-order valence-electron chi connectivity index (χ3n) is 3.89. The van der Waals surface area contributed by atoms with Crippen LogP contribution in [0.3, 0.4) is 0 Å². The van der Waals surface area contributed by atoms with E-state index in [2.05, 4.69) is 14.9 Å². The van der Waals surface area contributed by atoms with Gasteiger partial charge in [-0.15, -0.1) is 11.3 Å². The van der Waals surface area contributed by atoms with Crippen LogP contribution in [0.25, 0.3) is 10.7 Å². The number of carbonyl (C=O) groups excluding carboxylic acids is 1. The number of hydrogen-bond acceptors (Lipinski definition) is 6. The highest BCUT2D eigenvalue weighted by Crippen LogP contribution is 2.25. The number of nitrogens with zero attached hydrogens (tertiary/aromatic N) is 3. The fraction of sp³-hybridized carbons (Fsp3) is 0.438. The lowest BCUT2D eigenvalue weighted by Gasteiger charge is -2.33. The largest absolute Gasteiger partial charge is 0.468 e. The first kappa shape index (κ1) is 15.1. The van der Waals surface area contributed by atoms with E-state index in [9.17, 15) is 4.79 Å². The molecule has 2 aromatic heterocycles. The average molecular weight is 317 g/mol. The summed E-state index contributed by atoms with van der Waals surface area (Å²) < 4.78 is 4.92. The van der Waals surface area contributed by atoms with Crippen molar-refractivity contribution in [1.82, 2.24) is 14.9 Å². The maximum absolute atomic E-state index is 11.9. The monoisotopic (exact) mass is 317 g/mol. The van der Waals surface area contributed by atoms with Gasteiger partial charge in [0.2, 0.25) is 0 Å². The van der Waals surface area contributed by atoms with Crippen molar-refractivity contribution >= 4 is 17.3 Å². The zero-order chi connectivity index (χ0) is 15.4. The zero-order valence-electron chi connectivity index (χ0n) is 12.6. The number of piperidine rings is 1. The maximum Gasteiger partial charge on any atom is 0.323 e. The van der Waals surface area contributed by atoms with Gasteiger partial charge >= 0.3 is 5.97 Å². The minimum absolute atomic E-state index is 0.139. The van der Waals surface area contributed by atoms with Crippen LogP contribution in [0.2, 0.25) is 0 Å². The lowest BCUT2D eigenvalue weighted by Crippen LogP contribution is -2.44. The molecule has 116 valence electrons. The molecular weight excluding hydrogens is 298 g/mol. The van der Waals surface area contributed by atoms with Crippen molar-refractivity contribution in [3.8, 4) is 10.7 Å². The van der Waals surface area contributed by atoms with Gasteiger partial charge < -0.3 is 4.74 Å². The molecule has 0 aromatic carbocycles. The average Bonchev–Trinajstić information content (AvgIpc) is 3.04. The van der Waals surface area contributed by atoms with Gasteiger partial charge in [-0.05, 0) is 31.5 Å². The Kier molecular flexibility index (Phi) is 4.80. The first-order valence-corrected chi connectivity index (χ1v) is 8.33. The summed E-state index contributed by atoms with van der Waals surface area (Å²) in [5, 5.41) is 2.97. The van der Waals surface area contributed by atoms with Crippen LogP contribution in [0, 0.1) is 0 Å². The Morgan fingerprint density at radius 1 is 1.45 bits per heavy atom. The molecule has 0 N–H and O–H groups in total. The molecule has 0 saturated carbocycles. The topological polar surface area (TPSA) is 55.3 Å². The number of thiazole rings is 1. The maximum atomic E-state index is 11.9. The number of aromatic nitrogens is 2. The Balaban J connectivity index is 1.72. The minimum Gasteiger partial charge on any atom is -0.468 e. The van der Waals surface area contributed by atoms with Crippen molar-refractivity contribution in [3.05, 3.63) is 35.5 Å². The van der Waals surface area contributed by atoms with E-state index in [4.69, 9.17) is 4.74 Å². The molecule has 3 rings (SSSR count). The summed E-state index contributed by atoms with van der Waals surface area (Å²) in [6.07, 6.45) is 4.83. The van der Waals surface area contributed by atoms with Gasteiger partial charge in [-0.2, -0.15) is 0 Å². The molecule has 0 radical (unpaired) electrons. The number of rotatable bonds is 4. The van der Waals surface area contributed by atoms with Gasteiger partial charge in [-0.1, -0.05) is 12.5 Å². The predicted octanol–water partition coefficient (Wildman–Crippen LogP) is 2.73. The first-order valence-electron chi connectivity index (χ1n) is 7.45. The smallest absolute Gasteiger partial charge is 0.323 e. The molecule has 1 aliphatic heterocycles. The highest BCUT2D eigenvalue weighted by Gasteiger charge is 2.29. The highest BCUT2D eigenvalue weighted by atomic mass is 32.1. The quantitative estimate of drug-likeness (QED) is 0.812. The molecule has 1 saturated heterocycles. The molecule has 2 aromatic rings. The molecule has 0 spiro atoms. The number of ether oxygens (including phenoxy) is 1. The molecular formula is C16H19N3O2S. The standard InChI is InChI=1S/C16H19N3O2S/c1-21-16(20)14-7-3-5-9-19(14)10-12-11-22-15(18-12)13-6-2-4-8-17-13/h2,4,6,8,11,14H,3,5,7,9-10H2,1H3/t14-/m1/s1. The molecule has 22 heavy (non-hydrogen) atoms. The van der Waals surface area contributed by atoms with Gasteiger partial charge in [-0.25, -0.2) is 4.98 Å². The molecule has 1 fully saturated rings. The van der Waals surface area contributed by atoms with Gasteiger partial charge in [-0.3, -0.25) is 14.7 Å². The number of hydrogen-bond donors (Lipinski definition) is 0. The normalized spacial score (nSPS) is 19.0. The Morgan fingerprint density at radius 2 is 2.36 bits per heavy atom. The van der Waals surface area contributed by atoms with Crippen molar-refractivity contribution < 1.29 is 9.53 Å². The van der Waals surface area contributed by atoms with E-state index in [1.54, 1.807) is 17.5 Å². The minimum atomic E-state index is -0.140. The molecule has 0 bridgehead atoms. The van der Waals surface area contributed by atoms with E-state index in [-0.39, 0.29) is 12.0 Å². The van der Waals surface area contributed by atoms with Crippen LogP contribution in [0.5, 0.6) is 0 Å². The van der Waals surface area contributed by atoms with Crippen LogP contribution in [-0.4, -0.2) is 40.5 Å². The summed E-state index contributed by atoms with van der Waals surface area (Å²) in [4.78, 5) is 23.1. The Hall–Kier alpha value is -1.79. The summed E-state index contributed by atoms with van der Waals surface area (Å²) in [6, 6.07) is 5.67. The van der Waals surface area contributed by atoms with E-state index in [1.165, 1.54) is 7.11 Å². The molecule has 5 nitrogen and oxygen atoms in total. The Labute approximate surface area is 134 Å². The SMILES string of the molecule is COC(=O)[C@H]1CCCCN1Cc1csc(-c2ccccn2)n1. The van der Waals surface area contributed by atoms with E-state index in [0.717, 1.165) is 42.2 Å². The van der Waals surface area contributed by atoms with Crippen LogP contribution in [0.1, 0.15) is 25.0 Å². The molecule has 0 aliphatic carbocycles. The number of pyridine rings is 1. The lowest BCUT2D eigenvalue weighted by atomic mass is 10.0. The summed E-state index contributed by atoms with van der Waals surface area (Å²) in [5.41, 5.74) is 1.88. The number of esters is 1. The molecule has 1 atom stereocenters. The third-order valence-corrected chi connectivity index (χ3v) is 4.80. The Morgan fingerprint density at radius 3 is 3.14 bits per heavy atom. The second-order valence-corrected chi connectivity index (χ2v) is 6.22. The number of carbonyl (C=O) groups is 1. The van der Waals surface area contributed by atoms with E-state index in [0.29, 0.717) is 6.54 Å². The molecule has 6 heteroatoms. The summed E-state index contributed by atoms with van der Waals surface area (Å²) in [6.45, 7) is 1.60. The van der Waals surface area contributed by atoms with Crippen molar-refractivity contribution in [1.29, 1.82) is 0 Å². The summed E-state index contributed by atoms with van der Waals surface area (Å²) in [5.74, 6) is -0.139. The fourth-order valence-corrected chi connectivity index (χ4v) is 3.56. The lowest BCUT2D eigenvalue weighted by molar-refractivity contribution is -0.148. The van der Waals surface area contributed by atoms with Gasteiger partial charge in [0, 0.05) is 18.1 Å². The zero-order valence-corrected chi connectivity index (χ0v) is 13.4. The van der Waals surface area contributed by atoms with Crippen molar-refractivity contribution in [2.45, 2.75) is 31.8 Å². The Bertz CT molecular complexity index is 629. The van der Waals surface area contributed by atoms with E-state index >= 15 is 0 Å². The summed E-state index contributed by atoms with van der Waals surface area (Å²) >= 11 is 1.59. The fourth-order valence-electron chi connectivity index (χ4n) is 2.78. The third kappa shape index (κ3) is 3.34. The van der Waals surface area contributed by atoms with Crippen LogP contribution >= 0.6 is 11.3 Å². The summed E-state index contributed by atoms with van der Waals surface area (Å²) in [7, 11) is 1.46. The first-order chi connectivity index (χ1) is 10.8. The van der Waals surface area contributed by atoms with Gasteiger partial charge in [0.05, 0.1) is 18.5 Å². The van der Waals surface area contributed by atoms with E-state index < -0.39 is 0 Å². The predicted molar refractivity (Wildman–Crippen MR) is 85.4 cm³/mol. The van der Waals surface area contributed by atoms with Crippen molar-refractivity contribution in [3.63, 3.8) is 0 Å². The number of likely N-dealkylation sites (tertiary alicyclic amines) is 1. The molecule has 0 amide bonds. The van der Waals surface area contributed by atoms with Gasteiger partial charge in [0.1, 0.15) is 11.0 Å². The van der Waals surface area contributed by atoms with Crippen LogP contribution in [0.15, 0.2) is 29.8 Å². The van der Waals surface area contributed by atoms with Crippen LogP contribution in [0.4, 0.5) is 0 Å². The van der Waals surface area contributed by atoms with Gasteiger partial charge in [0.15, 0.2) is 0 Å². The second kappa shape index (κ2) is 6.98. The van der Waals surface area contributed by atoms with Crippen molar-refractivity contribution in [2.24, 2.45) is 0 Å². The number of methoxy groups -OCH3 is 1. The van der Waals surface area contributed by atoms with Crippen LogP contribution < -0.4 is 0 Å².